The summed E-state index contributed by atoms with van der Waals surface area (Å²) in [7, 11) is 0. The molecular weight excluding hydrogens is 186 g/mol. The highest BCUT2D eigenvalue weighted by atomic mass is 16.5. The lowest BCUT2D eigenvalue weighted by molar-refractivity contribution is -0.142. The Morgan fingerprint density at radius 3 is 2.86 bits per heavy atom. The first-order chi connectivity index (χ1) is 6.61. The summed E-state index contributed by atoms with van der Waals surface area (Å²) in [5.41, 5.74) is 0.295. The Kier molecular flexibility index (Phi) is 3.17. The fraction of sp³-hybridized carbons (Fsp3) is 0.222. The average Bonchev–Trinajstić information content (AvgIpc) is 2.15. The molecule has 0 fully saturated rings. The van der Waals surface area contributed by atoms with E-state index in [0.29, 0.717) is 0 Å². The third kappa shape index (κ3) is 2.55. The third-order valence-corrected chi connectivity index (χ3v) is 1.53. The Labute approximate surface area is 80.3 Å². The van der Waals surface area contributed by atoms with E-state index in [1.807, 2.05) is 0 Å². The second-order valence-corrected chi connectivity index (χ2v) is 2.58. The van der Waals surface area contributed by atoms with E-state index >= 15 is 0 Å². The molecule has 1 rings (SSSR count). The second kappa shape index (κ2) is 4.36. The zero-order valence-electron chi connectivity index (χ0n) is 7.56. The lowest BCUT2D eigenvalue weighted by Gasteiger charge is -2.03. The van der Waals surface area contributed by atoms with Gasteiger partial charge in [0, 0.05) is 13.1 Å². The van der Waals surface area contributed by atoms with Gasteiger partial charge in [-0.15, -0.1) is 0 Å². The van der Waals surface area contributed by atoms with Crippen LogP contribution in [0.4, 0.5) is 0 Å². The molecule has 0 unspecified atom stereocenters. The smallest absolute Gasteiger partial charge is 0.337 e. The highest BCUT2D eigenvalue weighted by Gasteiger charge is 2.10. The van der Waals surface area contributed by atoms with Crippen molar-refractivity contribution in [2.45, 2.75) is 13.5 Å². The molecule has 0 aliphatic carbocycles. The lowest BCUT2D eigenvalue weighted by atomic mass is 10.2. The Balaban J connectivity index is 2.84. The number of ether oxygens (including phenoxy) is 1. The summed E-state index contributed by atoms with van der Waals surface area (Å²) in [6.07, 6.45) is 1.45. The van der Waals surface area contributed by atoms with Crippen molar-refractivity contribution in [3.05, 3.63) is 29.6 Å². The molecule has 0 saturated heterocycles. The summed E-state index contributed by atoms with van der Waals surface area (Å²) in [5, 5.41) is 8.75. The number of hydrogen-bond acceptors (Lipinski definition) is 4. The van der Waals surface area contributed by atoms with Gasteiger partial charge in [-0.25, -0.2) is 4.79 Å². The maximum atomic E-state index is 10.7. The predicted molar refractivity (Wildman–Crippen MR) is 46.7 cm³/mol. The molecule has 0 amide bonds. The molecule has 0 atom stereocenters. The van der Waals surface area contributed by atoms with Crippen LogP contribution in [0.1, 0.15) is 23.0 Å². The van der Waals surface area contributed by atoms with Crippen LogP contribution in [-0.2, 0) is 16.1 Å². The van der Waals surface area contributed by atoms with E-state index in [2.05, 4.69) is 9.72 Å². The van der Waals surface area contributed by atoms with E-state index in [1.165, 1.54) is 25.3 Å². The molecule has 1 aromatic heterocycles. The summed E-state index contributed by atoms with van der Waals surface area (Å²) in [4.78, 5) is 25.0. The third-order valence-electron chi connectivity index (χ3n) is 1.53. The van der Waals surface area contributed by atoms with Crippen LogP contribution in [0.25, 0.3) is 0 Å². The van der Waals surface area contributed by atoms with Crippen molar-refractivity contribution in [1.29, 1.82) is 0 Å². The predicted octanol–water partition coefficient (Wildman–Crippen LogP) is 0.843. The first kappa shape index (κ1) is 10.2. The Hall–Kier alpha value is -1.91. The van der Waals surface area contributed by atoms with Crippen molar-refractivity contribution in [2.75, 3.05) is 0 Å². The highest BCUT2D eigenvalue weighted by molar-refractivity contribution is 5.88. The highest BCUT2D eigenvalue weighted by Crippen LogP contribution is 2.06. The van der Waals surface area contributed by atoms with E-state index in [0.717, 1.165) is 0 Å². The van der Waals surface area contributed by atoms with Gasteiger partial charge in [0.25, 0.3) is 0 Å². The minimum absolute atomic E-state index is 0.0498. The van der Waals surface area contributed by atoms with Crippen LogP contribution < -0.4 is 0 Å². The molecule has 0 spiro atoms. The summed E-state index contributed by atoms with van der Waals surface area (Å²) >= 11 is 0. The maximum Gasteiger partial charge on any atom is 0.337 e. The number of hydrogen-bond donors (Lipinski definition) is 1. The van der Waals surface area contributed by atoms with Crippen molar-refractivity contribution >= 4 is 11.9 Å². The van der Waals surface area contributed by atoms with Crippen LogP contribution >= 0.6 is 0 Å². The summed E-state index contributed by atoms with van der Waals surface area (Å²) < 4.78 is 4.65. The van der Waals surface area contributed by atoms with Gasteiger partial charge in [0.15, 0.2) is 0 Å². The molecule has 0 bridgehead atoms. The molecule has 1 heterocycles. The van der Waals surface area contributed by atoms with Crippen molar-refractivity contribution < 1.29 is 19.4 Å². The van der Waals surface area contributed by atoms with Gasteiger partial charge in [0.1, 0.15) is 6.61 Å². The summed E-state index contributed by atoms with van der Waals surface area (Å²) in [5.74, 6) is -1.55. The topological polar surface area (TPSA) is 76.5 Å². The van der Waals surface area contributed by atoms with Gasteiger partial charge in [-0.2, -0.15) is 0 Å². The number of rotatable bonds is 3. The van der Waals surface area contributed by atoms with Gasteiger partial charge < -0.3 is 9.84 Å². The first-order valence-electron chi connectivity index (χ1n) is 3.92. The SMILES string of the molecule is CC(=O)OCc1ncccc1C(=O)O. The minimum atomic E-state index is -1.08. The normalized spacial score (nSPS) is 9.50. The quantitative estimate of drug-likeness (QED) is 0.723. The van der Waals surface area contributed by atoms with Crippen molar-refractivity contribution in [2.24, 2.45) is 0 Å². The van der Waals surface area contributed by atoms with Crippen LogP contribution in [0.2, 0.25) is 0 Å². The second-order valence-electron chi connectivity index (χ2n) is 2.58. The molecule has 1 N–H and O–H groups in total. The Morgan fingerprint density at radius 2 is 2.29 bits per heavy atom. The Bertz CT molecular complexity index is 362. The van der Waals surface area contributed by atoms with E-state index in [-0.39, 0.29) is 17.9 Å². The number of aromatic nitrogens is 1. The number of nitrogens with zero attached hydrogens (tertiary/aromatic N) is 1. The molecule has 0 aromatic carbocycles. The van der Waals surface area contributed by atoms with Crippen LogP contribution in [0.15, 0.2) is 18.3 Å². The standard InChI is InChI=1S/C9H9NO4/c1-6(11)14-5-8-7(9(12)13)3-2-4-10-8/h2-4H,5H2,1H3,(H,12,13). The molecule has 5 nitrogen and oxygen atoms in total. The van der Waals surface area contributed by atoms with Crippen molar-refractivity contribution in [1.82, 2.24) is 4.98 Å². The lowest BCUT2D eigenvalue weighted by Crippen LogP contribution is -2.07. The summed E-state index contributed by atoms with van der Waals surface area (Å²) in [6, 6.07) is 2.93. The van der Waals surface area contributed by atoms with Crippen molar-refractivity contribution in [3.8, 4) is 0 Å². The zero-order valence-corrected chi connectivity index (χ0v) is 7.56. The van der Waals surface area contributed by atoms with Gasteiger partial charge in [0.2, 0.25) is 0 Å². The fourth-order valence-corrected chi connectivity index (χ4v) is 0.918. The van der Waals surface area contributed by atoms with E-state index in [1.54, 1.807) is 0 Å². The number of esters is 1. The number of aromatic carboxylic acids is 1. The molecule has 5 heteroatoms. The minimum Gasteiger partial charge on any atom is -0.478 e. The average molecular weight is 195 g/mol. The van der Waals surface area contributed by atoms with Crippen molar-refractivity contribution in [3.63, 3.8) is 0 Å². The van der Waals surface area contributed by atoms with Gasteiger partial charge >= 0.3 is 11.9 Å². The number of carbonyl (C=O) groups is 2. The number of carboxylic acid groups (broad SMARTS) is 1. The zero-order chi connectivity index (χ0) is 10.6. The van der Waals surface area contributed by atoms with E-state index in [4.69, 9.17) is 5.11 Å². The molecule has 74 valence electrons. The van der Waals surface area contributed by atoms with Gasteiger partial charge in [-0.05, 0) is 12.1 Å². The molecule has 14 heavy (non-hydrogen) atoms. The van der Waals surface area contributed by atoms with E-state index < -0.39 is 11.9 Å². The Morgan fingerprint density at radius 1 is 1.57 bits per heavy atom. The number of carbonyl (C=O) groups excluding carboxylic acids is 1. The summed E-state index contributed by atoms with van der Waals surface area (Å²) in [6.45, 7) is 1.14. The monoisotopic (exact) mass is 195 g/mol. The van der Waals surface area contributed by atoms with E-state index in [9.17, 15) is 9.59 Å². The van der Waals surface area contributed by atoms with Gasteiger partial charge in [-0.1, -0.05) is 0 Å². The largest absolute Gasteiger partial charge is 0.478 e. The maximum absolute atomic E-state index is 10.7. The molecule has 0 radical (unpaired) electrons. The van der Waals surface area contributed by atoms with Crippen LogP contribution in [-0.4, -0.2) is 22.0 Å². The van der Waals surface area contributed by atoms with Gasteiger partial charge in [-0.3, -0.25) is 9.78 Å². The molecule has 0 saturated carbocycles. The van der Waals surface area contributed by atoms with Crippen LogP contribution in [0.3, 0.4) is 0 Å². The number of carboxylic acids is 1. The molecule has 0 aliphatic heterocycles. The van der Waals surface area contributed by atoms with Crippen LogP contribution in [0.5, 0.6) is 0 Å². The van der Waals surface area contributed by atoms with Crippen LogP contribution in [0, 0.1) is 0 Å². The van der Waals surface area contributed by atoms with Gasteiger partial charge in [0.05, 0.1) is 11.3 Å². The first-order valence-corrected chi connectivity index (χ1v) is 3.92. The fourth-order valence-electron chi connectivity index (χ4n) is 0.918. The molecule has 0 aliphatic rings. The number of pyridine rings is 1. The molecule has 1 aromatic rings. The molecular formula is C9H9NO4.